The number of aliphatic carboxylic acids is 2. The lowest BCUT2D eigenvalue weighted by molar-refractivity contribution is -0.140. The minimum absolute atomic E-state index is 0.162. The number of benzene rings is 1. The minimum atomic E-state index is -1.04. The maximum atomic E-state index is 11.3. The van der Waals surface area contributed by atoms with Crippen molar-refractivity contribution in [3.63, 3.8) is 0 Å². The van der Waals surface area contributed by atoms with E-state index in [-0.39, 0.29) is 23.3 Å². The number of allylic oxidation sites excluding steroid dienone is 1. The van der Waals surface area contributed by atoms with Gasteiger partial charge in [0.2, 0.25) is 5.91 Å². The molecule has 30 heavy (non-hydrogen) atoms. The second-order valence-corrected chi connectivity index (χ2v) is 9.69. The highest BCUT2D eigenvalue weighted by Gasteiger charge is 2.21. The van der Waals surface area contributed by atoms with E-state index in [4.69, 9.17) is 5.11 Å². The normalized spacial score (nSPS) is 13.2. The van der Waals surface area contributed by atoms with E-state index in [0.29, 0.717) is 12.8 Å². The number of amides is 1. The van der Waals surface area contributed by atoms with Crippen molar-refractivity contribution in [2.24, 2.45) is 0 Å². The van der Waals surface area contributed by atoms with Gasteiger partial charge < -0.3 is 15.5 Å². The summed E-state index contributed by atoms with van der Waals surface area (Å²) in [5.41, 5.74) is 3.44. The molecular weight excluding hydrogens is 422 g/mol. The Labute approximate surface area is 186 Å². The number of aryl methyl sites for hydroxylation is 1. The molecule has 1 amide bonds. The molecule has 0 aliphatic heterocycles. The molecule has 0 heterocycles. The standard InChI is InChI=1S/C22H31NO5S2/c1-4-8-20(30-29-14-19(22(27)28)23-16(3)24)18-13-15(2)11-12-17(18)9-6-5-7-10-21(25)26/h6,9,11-13,19-20H,4-5,7-8,10,14H2,1-3H3,(H,23,24)(H,25,26)(H,27,28)/b9-6+. The first-order chi connectivity index (χ1) is 14.2. The summed E-state index contributed by atoms with van der Waals surface area (Å²) in [6.07, 6.45) is 7.46. The zero-order chi connectivity index (χ0) is 22.5. The highest BCUT2D eigenvalue weighted by Crippen LogP contribution is 2.43. The van der Waals surface area contributed by atoms with Crippen molar-refractivity contribution in [1.82, 2.24) is 5.32 Å². The Bertz CT molecular complexity index is 751. The summed E-state index contributed by atoms with van der Waals surface area (Å²) < 4.78 is 0. The molecule has 1 aromatic rings. The Hall–Kier alpha value is -1.93. The number of hydrogen-bond donors (Lipinski definition) is 3. The highest BCUT2D eigenvalue weighted by atomic mass is 33.1. The van der Waals surface area contributed by atoms with E-state index in [1.165, 1.54) is 23.3 Å². The van der Waals surface area contributed by atoms with Crippen LogP contribution in [-0.4, -0.2) is 39.9 Å². The van der Waals surface area contributed by atoms with Gasteiger partial charge >= 0.3 is 11.9 Å². The van der Waals surface area contributed by atoms with Gasteiger partial charge in [0.1, 0.15) is 6.04 Å². The van der Waals surface area contributed by atoms with Crippen LogP contribution in [-0.2, 0) is 14.4 Å². The predicted molar refractivity (Wildman–Crippen MR) is 125 cm³/mol. The van der Waals surface area contributed by atoms with Crippen LogP contribution in [0.15, 0.2) is 24.3 Å². The maximum Gasteiger partial charge on any atom is 0.327 e. The molecule has 0 spiro atoms. The van der Waals surface area contributed by atoms with E-state index >= 15 is 0 Å². The van der Waals surface area contributed by atoms with Crippen molar-refractivity contribution in [3.8, 4) is 0 Å². The topological polar surface area (TPSA) is 104 Å². The maximum absolute atomic E-state index is 11.3. The zero-order valence-corrected chi connectivity index (χ0v) is 19.4. The summed E-state index contributed by atoms with van der Waals surface area (Å²) in [4.78, 5) is 33.2. The van der Waals surface area contributed by atoms with Crippen molar-refractivity contribution in [2.75, 3.05) is 5.75 Å². The summed E-state index contributed by atoms with van der Waals surface area (Å²) in [5, 5.41) is 20.7. The molecule has 8 heteroatoms. The number of unbranched alkanes of at least 4 members (excludes halogenated alkanes) is 1. The molecule has 0 saturated heterocycles. The van der Waals surface area contributed by atoms with Gasteiger partial charge in [0, 0.05) is 24.3 Å². The van der Waals surface area contributed by atoms with Crippen molar-refractivity contribution in [1.29, 1.82) is 0 Å². The fraction of sp³-hybridized carbons (Fsp3) is 0.500. The van der Waals surface area contributed by atoms with E-state index in [1.54, 1.807) is 10.8 Å². The zero-order valence-electron chi connectivity index (χ0n) is 17.7. The van der Waals surface area contributed by atoms with E-state index in [9.17, 15) is 19.5 Å². The summed E-state index contributed by atoms with van der Waals surface area (Å²) in [6, 6.07) is 5.38. The van der Waals surface area contributed by atoms with Crippen molar-refractivity contribution >= 4 is 45.5 Å². The lowest BCUT2D eigenvalue weighted by Crippen LogP contribution is -2.41. The van der Waals surface area contributed by atoms with E-state index < -0.39 is 18.0 Å². The number of carboxylic acids is 2. The van der Waals surface area contributed by atoms with Crippen LogP contribution in [0.5, 0.6) is 0 Å². The Kier molecular flexibility index (Phi) is 12.3. The molecule has 0 aliphatic rings. The lowest BCUT2D eigenvalue weighted by Gasteiger charge is -2.20. The third-order valence-corrected chi connectivity index (χ3v) is 7.13. The molecule has 0 bridgehead atoms. The molecule has 166 valence electrons. The number of carbonyl (C=O) groups excluding carboxylic acids is 1. The third-order valence-electron chi connectivity index (χ3n) is 4.29. The largest absolute Gasteiger partial charge is 0.481 e. The molecule has 2 atom stereocenters. The molecule has 0 saturated carbocycles. The van der Waals surface area contributed by atoms with Crippen LogP contribution in [0.3, 0.4) is 0 Å². The van der Waals surface area contributed by atoms with Gasteiger partial charge in [-0.25, -0.2) is 4.79 Å². The molecular formula is C22H31NO5S2. The summed E-state index contributed by atoms with van der Waals surface area (Å²) >= 11 is 0. The van der Waals surface area contributed by atoms with Gasteiger partial charge in [0.15, 0.2) is 0 Å². The molecule has 0 aliphatic carbocycles. The second-order valence-electron chi connectivity index (χ2n) is 7.07. The number of hydrogen-bond acceptors (Lipinski definition) is 5. The lowest BCUT2D eigenvalue weighted by atomic mass is 9.98. The number of rotatable bonds is 14. The molecule has 3 N–H and O–H groups in total. The summed E-state index contributed by atoms with van der Waals surface area (Å²) in [6.45, 7) is 5.48. The fourth-order valence-corrected chi connectivity index (χ4v) is 5.81. The highest BCUT2D eigenvalue weighted by molar-refractivity contribution is 8.76. The van der Waals surface area contributed by atoms with E-state index in [0.717, 1.165) is 24.0 Å². The van der Waals surface area contributed by atoms with Gasteiger partial charge in [0.05, 0.1) is 0 Å². The minimum Gasteiger partial charge on any atom is -0.481 e. The van der Waals surface area contributed by atoms with Crippen LogP contribution in [0.1, 0.15) is 67.9 Å². The Morgan fingerprint density at radius 2 is 1.97 bits per heavy atom. The van der Waals surface area contributed by atoms with Gasteiger partial charge in [-0.05, 0) is 37.3 Å². The molecule has 2 unspecified atom stereocenters. The van der Waals surface area contributed by atoms with Crippen molar-refractivity contribution in [3.05, 3.63) is 41.0 Å². The Balaban J connectivity index is 2.87. The first kappa shape index (κ1) is 26.1. The fourth-order valence-electron chi connectivity index (χ4n) is 2.83. The summed E-state index contributed by atoms with van der Waals surface area (Å²) in [5.74, 6) is -1.89. The number of nitrogens with one attached hydrogen (secondary N) is 1. The molecule has 1 aromatic carbocycles. The number of carboxylic acid groups (broad SMARTS) is 2. The van der Waals surface area contributed by atoms with Crippen LogP contribution in [0.2, 0.25) is 0 Å². The number of carbonyl (C=O) groups is 3. The van der Waals surface area contributed by atoms with Crippen LogP contribution in [0.25, 0.3) is 6.08 Å². The quantitative estimate of drug-likeness (QED) is 0.267. The van der Waals surface area contributed by atoms with E-state index in [2.05, 4.69) is 30.4 Å². The van der Waals surface area contributed by atoms with Crippen LogP contribution >= 0.6 is 21.6 Å². The van der Waals surface area contributed by atoms with Crippen LogP contribution in [0, 0.1) is 6.92 Å². The molecule has 0 fully saturated rings. The van der Waals surface area contributed by atoms with Gasteiger partial charge in [-0.3, -0.25) is 9.59 Å². The SMILES string of the molecule is CCCC(SSCC(NC(C)=O)C(=O)O)c1cc(C)ccc1/C=C/CCCC(=O)O. The smallest absolute Gasteiger partial charge is 0.327 e. The average molecular weight is 454 g/mol. The van der Waals surface area contributed by atoms with Crippen LogP contribution < -0.4 is 5.32 Å². The van der Waals surface area contributed by atoms with Gasteiger partial charge in [-0.1, -0.05) is 70.8 Å². The Morgan fingerprint density at radius 3 is 2.57 bits per heavy atom. The van der Waals surface area contributed by atoms with Crippen LogP contribution in [0.4, 0.5) is 0 Å². The molecule has 0 radical (unpaired) electrons. The van der Waals surface area contributed by atoms with Gasteiger partial charge in [-0.15, -0.1) is 0 Å². The van der Waals surface area contributed by atoms with Crippen molar-refractivity contribution in [2.45, 2.75) is 64.2 Å². The first-order valence-corrected chi connectivity index (χ1v) is 12.4. The van der Waals surface area contributed by atoms with Gasteiger partial charge in [-0.2, -0.15) is 0 Å². The molecule has 0 aromatic heterocycles. The average Bonchev–Trinajstić information content (AvgIpc) is 2.66. The first-order valence-electron chi connectivity index (χ1n) is 10.0. The third kappa shape index (κ3) is 10.2. The second kappa shape index (κ2) is 14.1. The Morgan fingerprint density at radius 1 is 1.23 bits per heavy atom. The van der Waals surface area contributed by atoms with Crippen molar-refractivity contribution < 1.29 is 24.6 Å². The monoisotopic (exact) mass is 453 g/mol. The van der Waals surface area contributed by atoms with E-state index in [1.807, 2.05) is 19.1 Å². The molecule has 6 nitrogen and oxygen atoms in total. The summed E-state index contributed by atoms with van der Waals surface area (Å²) in [7, 11) is 3.09. The predicted octanol–water partition coefficient (Wildman–Crippen LogP) is 5.08. The van der Waals surface area contributed by atoms with Gasteiger partial charge in [0.25, 0.3) is 0 Å². The molecule has 1 rings (SSSR count).